The molecular formula is C31H36BClN6NaO3. The average Bonchev–Trinajstić information content (AvgIpc) is 3.75. The first-order valence-electron chi connectivity index (χ1n) is 13.6. The van der Waals surface area contributed by atoms with Crippen LogP contribution in [0.5, 0.6) is 17.2 Å². The Hall–Kier alpha value is -3.31. The summed E-state index contributed by atoms with van der Waals surface area (Å²) in [6, 6.07) is 18.0. The molecule has 0 amide bonds. The molecule has 4 heterocycles. The van der Waals surface area contributed by atoms with Gasteiger partial charge in [0.2, 0.25) is 0 Å². The van der Waals surface area contributed by atoms with Gasteiger partial charge in [-0.1, -0.05) is 11.6 Å². The zero-order valence-corrected chi connectivity index (χ0v) is 27.9. The Bertz CT molecular complexity index is 1570. The normalized spacial score (nSPS) is 12.9. The van der Waals surface area contributed by atoms with Crippen molar-refractivity contribution >= 4 is 48.7 Å². The fourth-order valence-electron chi connectivity index (χ4n) is 4.84. The van der Waals surface area contributed by atoms with E-state index in [1.807, 2.05) is 61.5 Å². The quantitative estimate of drug-likeness (QED) is 0.237. The number of hydrogen-bond donors (Lipinski definition) is 3. The van der Waals surface area contributed by atoms with Gasteiger partial charge in [0.05, 0.1) is 19.8 Å². The van der Waals surface area contributed by atoms with Crippen LogP contribution in [0.25, 0.3) is 0 Å². The van der Waals surface area contributed by atoms with Crippen molar-refractivity contribution < 1.29 is 45.2 Å². The Morgan fingerprint density at radius 3 is 1.95 bits per heavy atom. The van der Waals surface area contributed by atoms with Crippen molar-refractivity contribution in [2.75, 3.05) is 55.6 Å². The molecule has 0 aliphatic carbocycles. The number of hydrogen-bond acceptors (Lipinski definition) is 9. The van der Waals surface area contributed by atoms with E-state index in [0.717, 1.165) is 73.4 Å². The smallest absolute Gasteiger partial charge is 1.00 e. The minimum Gasteiger partial charge on any atom is -1.00 e. The molecule has 4 aromatic rings. The maximum atomic E-state index is 6.21. The molecule has 3 aliphatic rings. The molecule has 0 unspecified atom stereocenters. The van der Waals surface area contributed by atoms with Crippen LogP contribution in [-0.4, -0.2) is 52.3 Å². The van der Waals surface area contributed by atoms with Gasteiger partial charge in [-0.15, -0.1) is 0 Å². The summed E-state index contributed by atoms with van der Waals surface area (Å²) in [5.74, 6) is 4.49. The third kappa shape index (κ3) is 8.20. The number of nitrogens with two attached hydrogens (primary N) is 2. The van der Waals surface area contributed by atoms with Crippen LogP contribution in [0.1, 0.15) is 23.9 Å². The summed E-state index contributed by atoms with van der Waals surface area (Å²) in [5.41, 5.74) is 18.1. The zero-order chi connectivity index (χ0) is 28.9. The Morgan fingerprint density at radius 1 is 0.814 bits per heavy atom. The van der Waals surface area contributed by atoms with Gasteiger partial charge < -0.3 is 37.3 Å². The Labute approximate surface area is 283 Å². The molecule has 0 saturated carbocycles. The van der Waals surface area contributed by atoms with Crippen LogP contribution in [0.4, 0.5) is 28.7 Å². The maximum absolute atomic E-state index is 6.21. The van der Waals surface area contributed by atoms with Crippen LogP contribution in [0, 0.1) is 6.92 Å². The van der Waals surface area contributed by atoms with Crippen molar-refractivity contribution in [2.24, 2.45) is 0 Å². The number of halogens is 1. The van der Waals surface area contributed by atoms with Crippen molar-refractivity contribution in [2.45, 2.75) is 26.2 Å². The standard InChI is InChI=1S/C14H15ClN4O.C9H11NO.C8H9NO.B.Na.H/c1-8-17-13(16)12(15)14(18-8)19(2)10-3-4-11-9(7-10)5-6-20-11;1-10-8-2-3-9-7(6-8)4-5-11-9;9-7-1-2-8-6(5-7)3-4-10-8;;;/h3-4,7H,5-6H2,1-2H3,(H2,16,17,18);2-3,6,10H,4-5H2,1H3;1-2,5H,3-4,9H2;;;/q;;;;+1;-1. The number of anilines is 5. The number of fused-ring (bicyclic) bond motifs is 3. The van der Waals surface area contributed by atoms with Crippen LogP contribution in [-0.2, 0) is 19.3 Å². The predicted molar refractivity (Wildman–Crippen MR) is 172 cm³/mol. The van der Waals surface area contributed by atoms with Gasteiger partial charge in [-0.05, 0) is 78.2 Å². The van der Waals surface area contributed by atoms with E-state index in [2.05, 4.69) is 27.4 Å². The summed E-state index contributed by atoms with van der Waals surface area (Å²) in [4.78, 5) is 10.3. The zero-order valence-electron chi connectivity index (χ0n) is 26.1. The molecule has 0 bridgehead atoms. The van der Waals surface area contributed by atoms with E-state index in [1.165, 1.54) is 16.7 Å². The van der Waals surface area contributed by atoms with Crippen LogP contribution >= 0.6 is 11.6 Å². The van der Waals surface area contributed by atoms with E-state index >= 15 is 0 Å². The Balaban J connectivity index is 0.000000241. The summed E-state index contributed by atoms with van der Waals surface area (Å²) in [6.45, 7) is 4.17. The number of nitrogen functional groups attached to an aromatic ring is 2. The van der Waals surface area contributed by atoms with E-state index in [0.29, 0.717) is 22.5 Å². The fourth-order valence-corrected chi connectivity index (χ4v) is 5.05. The van der Waals surface area contributed by atoms with Crippen LogP contribution in [0.3, 0.4) is 0 Å². The fraction of sp³-hybridized carbons (Fsp3) is 0.290. The molecule has 5 N–H and O–H groups in total. The van der Waals surface area contributed by atoms with Gasteiger partial charge in [0.15, 0.2) is 5.82 Å². The number of ether oxygens (including phenoxy) is 3. The molecule has 0 spiro atoms. The molecule has 3 aromatic carbocycles. The Morgan fingerprint density at radius 2 is 1.35 bits per heavy atom. The third-order valence-electron chi connectivity index (χ3n) is 7.04. The second-order valence-electron chi connectivity index (χ2n) is 9.88. The second-order valence-corrected chi connectivity index (χ2v) is 10.3. The number of rotatable bonds is 3. The molecule has 0 saturated heterocycles. The van der Waals surface area contributed by atoms with Gasteiger partial charge in [0, 0.05) is 58.8 Å². The van der Waals surface area contributed by atoms with E-state index in [4.69, 9.17) is 37.3 Å². The number of nitrogens with one attached hydrogen (secondary N) is 1. The Kier molecular flexibility index (Phi) is 12.3. The van der Waals surface area contributed by atoms with Crippen molar-refractivity contribution in [3.8, 4) is 17.2 Å². The van der Waals surface area contributed by atoms with E-state index in [9.17, 15) is 0 Å². The maximum Gasteiger partial charge on any atom is 1.00 e. The van der Waals surface area contributed by atoms with Gasteiger partial charge in [0.25, 0.3) is 0 Å². The van der Waals surface area contributed by atoms with Gasteiger partial charge in [-0.25, -0.2) is 9.97 Å². The number of aryl methyl sites for hydroxylation is 1. The van der Waals surface area contributed by atoms with E-state index in [-0.39, 0.29) is 39.4 Å². The van der Waals surface area contributed by atoms with Gasteiger partial charge >= 0.3 is 29.6 Å². The molecule has 0 fully saturated rings. The SMILES string of the molecule is CNc1ccc2c(c1)CCO2.Cc1nc(N)c(Cl)c(N(C)c2ccc3c(c2)CCO3)n1.Nc1ccc2c(c1)CCO2.[B].[H-].[Na+]. The van der Waals surface area contributed by atoms with Crippen molar-refractivity contribution in [1.82, 2.24) is 9.97 Å². The molecule has 3 aliphatic heterocycles. The van der Waals surface area contributed by atoms with Crippen LogP contribution < -0.4 is 65.5 Å². The first-order chi connectivity index (χ1) is 19.8. The predicted octanol–water partition coefficient (Wildman–Crippen LogP) is 2.33. The minimum absolute atomic E-state index is 0. The monoisotopic (exact) mass is 609 g/mol. The first kappa shape index (κ1) is 34.2. The molecular weight excluding hydrogens is 574 g/mol. The second kappa shape index (κ2) is 15.4. The first-order valence-corrected chi connectivity index (χ1v) is 13.9. The topological polar surface area (TPSA) is 121 Å². The summed E-state index contributed by atoms with van der Waals surface area (Å²) in [5, 5.41) is 3.47. The number of aromatic nitrogens is 2. The molecule has 3 radical (unpaired) electrons. The van der Waals surface area contributed by atoms with Crippen LogP contribution in [0.2, 0.25) is 5.02 Å². The molecule has 9 nitrogen and oxygen atoms in total. The van der Waals surface area contributed by atoms with Crippen molar-refractivity contribution in [3.63, 3.8) is 0 Å². The summed E-state index contributed by atoms with van der Waals surface area (Å²) < 4.78 is 16.2. The van der Waals surface area contributed by atoms with Crippen molar-refractivity contribution in [3.05, 3.63) is 82.1 Å². The molecule has 219 valence electrons. The van der Waals surface area contributed by atoms with Gasteiger partial charge in [-0.3, -0.25) is 0 Å². The molecule has 0 atom stereocenters. The van der Waals surface area contributed by atoms with Crippen LogP contribution in [0.15, 0.2) is 54.6 Å². The third-order valence-corrected chi connectivity index (χ3v) is 7.40. The molecule has 1 aromatic heterocycles. The van der Waals surface area contributed by atoms with Gasteiger partial charge in [0.1, 0.15) is 33.9 Å². The van der Waals surface area contributed by atoms with E-state index in [1.54, 1.807) is 6.92 Å². The summed E-state index contributed by atoms with van der Waals surface area (Å²) in [6.07, 6.45) is 2.97. The number of nitrogens with zero attached hydrogens (tertiary/aromatic N) is 3. The average molecular weight is 610 g/mol. The van der Waals surface area contributed by atoms with E-state index < -0.39 is 0 Å². The summed E-state index contributed by atoms with van der Waals surface area (Å²) >= 11 is 6.21. The largest absolute Gasteiger partial charge is 1.00 e. The van der Waals surface area contributed by atoms with Crippen molar-refractivity contribution in [1.29, 1.82) is 0 Å². The minimum atomic E-state index is 0. The molecule has 12 heteroatoms. The number of benzene rings is 3. The molecule has 43 heavy (non-hydrogen) atoms. The molecule has 7 rings (SSSR count). The summed E-state index contributed by atoms with van der Waals surface area (Å²) in [7, 11) is 3.84. The van der Waals surface area contributed by atoms with Gasteiger partial charge in [-0.2, -0.15) is 0 Å².